The van der Waals surface area contributed by atoms with Crippen LogP contribution in [0, 0.1) is 28.6 Å². The van der Waals surface area contributed by atoms with E-state index in [9.17, 15) is 13.2 Å². The van der Waals surface area contributed by atoms with Crippen LogP contribution >= 0.6 is 0 Å². The normalized spacial score (nSPS) is 28.8. The van der Waals surface area contributed by atoms with Crippen molar-refractivity contribution < 1.29 is 13.2 Å². The lowest BCUT2D eigenvalue weighted by atomic mass is 9.57. The molecule has 25 heavy (non-hydrogen) atoms. The molecule has 0 aromatic carbocycles. The van der Waals surface area contributed by atoms with Crippen molar-refractivity contribution in [2.45, 2.75) is 73.1 Å². The first-order valence-corrected chi connectivity index (χ1v) is 11.2. The molecule has 0 bridgehead atoms. The molecular weight excluding hydrogens is 334 g/mol. The van der Waals surface area contributed by atoms with Gasteiger partial charge in [-0.15, -0.1) is 0 Å². The maximum atomic E-state index is 12.3. The van der Waals surface area contributed by atoms with Crippen molar-refractivity contribution in [2.75, 3.05) is 5.75 Å². The summed E-state index contributed by atoms with van der Waals surface area (Å²) < 4.78 is 24.1. The maximum Gasteiger partial charge on any atom is 0.173 e. The number of hydrogen-bond acceptors (Lipinski definition) is 4. The predicted octanol–water partition coefficient (Wildman–Crippen LogP) is 4.79. The second kappa shape index (κ2) is 8.61. The van der Waals surface area contributed by atoms with Crippen LogP contribution in [0.2, 0.25) is 0 Å². The zero-order valence-electron chi connectivity index (χ0n) is 16.5. The van der Waals surface area contributed by atoms with Crippen LogP contribution in [0.4, 0.5) is 0 Å². The first kappa shape index (κ1) is 22.1. The SMILES string of the molecule is C=C(CCCC(CC)[C@]1(C)CC(=O)C(C)C(=N)[C@@H]1C)S(=O)(=O)CCC. The van der Waals surface area contributed by atoms with Crippen LogP contribution in [-0.2, 0) is 14.6 Å². The Hall–Kier alpha value is -0.970. The van der Waals surface area contributed by atoms with Crippen molar-refractivity contribution in [2.24, 2.45) is 23.2 Å². The summed E-state index contributed by atoms with van der Waals surface area (Å²) in [6.45, 7) is 13.8. The molecule has 0 aliphatic heterocycles. The first-order valence-electron chi connectivity index (χ1n) is 9.52. The summed E-state index contributed by atoms with van der Waals surface area (Å²) in [7, 11) is -3.17. The topological polar surface area (TPSA) is 75.1 Å². The van der Waals surface area contributed by atoms with Gasteiger partial charge in [0.25, 0.3) is 0 Å². The molecule has 144 valence electrons. The fraction of sp³-hybridized carbons (Fsp3) is 0.800. The monoisotopic (exact) mass is 369 g/mol. The largest absolute Gasteiger partial charge is 0.309 e. The smallest absolute Gasteiger partial charge is 0.173 e. The van der Waals surface area contributed by atoms with Crippen LogP contribution in [0.5, 0.6) is 0 Å². The first-order chi connectivity index (χ1) is 11.5. The number of ketones is 1. The Bertz CT molecular complexity index is 623. The zero-order valence-corrected chi connectivity index (χ0v) is 17.3. The Balaban J connectivity index is 2.77. The molecule has 0 amide bonds. The van der Waals surface area contributed by atoms with Crippen LogP contribution < -0.4 is 0 Å². The van der Waals surface area contributed by atoms with E-state index in [4.69, 9.17) is 5.41 Å². The van der Waals surface area contributed by atoms with E-state index in [0.717, 1.165) is 19.3 Å². The fourth-order valence-corrected chi connectivity index (χ4v) is 5.48. The quantitative estimate of drug-likeness (QED) is 0.635. The fourth-order valence-electron chi connectivity index (χ4n) is 4.20. The summed E-state index contributed by atoms with van der Waals surface area (Å²) in [6.07, 6.45) is 4.18. The molecule has 1 aliphatic carbocycles. The van der Waals surface area contributed by atoms with Crippen LogP contribution in [0.1, 0.15) is 73.1 Å². The van der Waals surface area contributed by atoms with Gasteiger partial charge in [0.15, 0.2) is 9.84 Å². The van der Waals surface area contributed by atoms with E-state index >= 15 is 0 Å². The molecule has 0 aromatic rings. The minimum Gasteiger partial charge on any atom is -0.309 e. The second-order valence-corrected chi connectivity index (χ2v) is 10.1. The van der Waals surface area contributed by atoms with Crippen molar-refractivity contribution >= 4 is 21.3 Å². The highest BCUT2D eigenvalue weighted by molar-refractivity contribution is 7.95. The Kier molecular flexibility index (Phi) is 7.60. The van der Waals surface area contributed by atoms with Gasteiger partial charge >= 0.3 is 0 Å². The van der Waals surface area contributed by atoms with Crippen molar-refractivity contribution in [3.8, 4) is 0 Å². The summed E-state index contributed by atoms with van der Waals surface area (Å²) in [5.74, 6) is 0.457. The summed E-state index contributed by atoms with van der Waals surface area (Å²) in [6, 6.07) is 0. The Morgan fingerprint density at radius 1 is 1.36 bits per heavy atom. The molecule has 0 aromatic heterocycles. The van der Waals surface area contributed by atoms with Gasteiger partial charge in [-0.3, -0.25) is 4.79 Å². The van der Waals surface area contributed by atoms with E-state index in [1.165, 1.54) is 0 Å². The Morgan fingerprint density at radius 3 is 2.48 bits per heavy atom. The average Bonchev–Trinajstić information content (AvgIpc) is 2.54. The van der Waals surface area contributed by atoms with Gasteiger partial charge in [-0.05, 0) is 37.0 Å². The summed E-state index contributed by atoms with van der Waals surface area (Å²) >= 11 is 0. The van der Waals surface area contributed by atoms with Crippen molar-refractivity contribution in [1.29, 1.82) is 5.41 Å². The molecule has 4 nitrogen and oxygen atoms in total. The third-order valence-corrected chi connectivity index (χ3v) is 8.34. The highest BCUT2D eigenvalue weighted by atomic mass is 32.2. The summed E-state index contributed by atoms with van der Waals surface area (Å²) in [5, 5.41) is 8.31. The molecule has 0 heterocycles. The van der Waals surface area contributed by atoms with Crippen molar-refractivity contribution in [1.82, 2.24) is 0 Å². The summed E-state index contributed by atoms with van der Waals surface area (Å²) in [5.41, 5.74) is 0.339. The predicted molar refractivity (Wildman–Crippen MR) is 105 cm³/mol. The molecule has 1 aliphatic rings. The minimum atomic E-state index is -3.17. The molecule has 1 fully saturated rings. The van der Waals surface area contributed by atoms with Gasteiger partial charge in [-0.2, -0.15) is 0 Å². The van der Waals surface area contributed by atoms with Crippen LogP contribution in [0.25, 0.3) is 0 Å². The van der Waals surface area contributed by atoms with Gasteiger partial charge in [0.2, 0.25) is 0 Å². The van der Waals surface area contributed by atoms with E-state index in [-0.39, 0.29) is 28.8 Å². The second-order valence-electron chi connectivity index (χ2n) is 7.90. The number of sulfone groups is 1. The number of rotatable bonds is 9. The minimum absolute atomic E-state index is 0.0807. The number of nitrogens with one attached hydrogen (secondary N) is 1. The van der Waals surface area contributed by atoms with E-state index < -0.39 is 9.84 Å². The number of Topliss-reactive ketones (excluding diaryl/α,β-unsaturated/α-hetero) is 1. The molecule has 1 rings (SSSR count). The van der Waals surface area contributed by atoms with E-state index in [1.54, 1.807) is 0 Å². The Labute approximate surface area is 153 Å². The highest BCUT2D eigenvalue weighted by Crippen LogP contribution is 2.48. The molecule has 0 radical (unpaired) electrons. The average molecular weight is 370 g/mol. The number of carbonyl (C=O) groups excluding carboxylic acids is 1. The van der Waals surface area contributed by atoms with E-state index in [0.29, 0.717) is 35.8 Å². The molecular formula is C20H35NO3S. The third-order valence-electron chi connectivity index (χ3n) is 6.31. The van der Waals surface area contributed by atoms with Gasteiger partial charge in [-0.1, -0.05) is 47.6 Å². The molecule has 4 atom stereocenters. The maximum absolute atomic E-state index is 12.3. The molecule has 0 saturated heterocycles. The number of hydrogen-bond donors (Lipinski definition) is 1. The zero-order chi connectivity index (χ0) is 19.4. The molecule has 1 N–H and O–H groups in total. The van der Waals surface area contributed by atoms with Gasteiger partial charge in [-0.25, -0.2) is 8.42 Å². The number of allylic oxidation sites excluding steroid dienone is 1. The summed E-state index contributed by atoms with van der Waals surface area (Å²) in [4.78, 5) is 12.7. The van der Waals surface area contributed by atoms with Crippen LogP contribution in [0.3, 0.4) is 0 Å². The molecule has 1 saturated carbocycles. The van der Waals surface area contributed by atoms with Gasteiger partial charge in [0, 0.05) is 23.0 Å². The van der Waals surface area contributed by atoms with Gasteiger partial charge < -0.3 is 5.41 Å². The number of carbonyl (C=O) groups is 1. The van der Waals surface area contributed by atoms with Crippen molar-refractivity contribution in [3.63, 3.8) is 0 Å². The van der Waals surface area contributed by atoms with E-state index in [1.807, 2.05) is 13.8 Å². The molecule has 2 unspecified atom stereocenters. The standard InChI is InChI=1S/C20H35NO3S/c1-7-12-25(23,24)14(3)10-9-11-17(8-2)20(6)13-18(22)15(4)19(21)16(20)5/h15-17,21H,3,7-13H2,1-2,4-6H3/t15?,16-,17?,20+/m0/s1. The van der Waals surface area contributed by atoms with E-state index in [2.05, 4.69) is 27.4 Å². The lowest BCUT2D eigenvalue weighted by molar-refractivity contribution is -0.126. The van der Waals surface area contributed by atoms with Crippen LogP contribution in [0.15, 0.2) is 11.5 Å². The Morgan fingerprint density at radius 2 is 1.96 bits per heavy atom. The van der Waals surface area contributed by atoms with Crippen molar-refractivity contribution in [3.05, 3.63) is 11.5 Å². The molecule has 5 heteroatoms. The highest BCUT2D eigenvalue weighted by Gasteiger charge is 2.47. The third kappa shape index (κ3) is 4.81. The van der Waals surface area contributed by atoms with Crippen LogP contribution in [-0.4, -0.2) is 25.7 Å². The molecule has 0 spiro atoms. The van der Waals surface area contributed by atoms with Gasteiger partial charge in [0.1, 0.15) is 5.78 Å². The lowest BCUT2D eigenvalue weighted by Gasteiger charge is -2.47. The lowest BCUT2D eigenvalue weighted by Crippen LogP contribution is -2.48. The van der Waals surface area contributed by atoms with Gasteiger partial charge in [0.05, 0.1) is 11.7 Å².